The average Bonchev–Trinajstić information content (AvgIpc) is 3.32. The second kappa shape index (κ2) is 8.05. The lowest BCUT2D eigenvalue weighted by Gasteiger charge is -2.08. The Balaban J connectivity index is 1.54. The second-order valence-corrected chi connectivity index (χ2v) is 6.79. The number of rotatable bonds is 7. The van der Waals surface area contributed by atoms with Crippen molar-refractivity contribution in [2.45, 2.75) is 32.8 Å². The van der Waals surface area contributed by atoms with E-state index in [1.807, 2.05) is 36.6 Å². The summed E-state index contributed by atoms with van der Waals surface area (Å²) in [5.74, 6) is 0.0517. The van der Waals surface area contributed by atoms with Gasteiger partial charge in [0.1, 0.15) is 0 Å². The molecule has 134 valence electrons. The van der Waals surface area contributed by atoms with Crippen LogP contribution in [0.4, 0.5) is 0 Å². The Morgan fingerprint density at radius 1 is 1.15 bits per heavy atom. The third-order valence-electron chi connectivity index (χ3n) is 3.75. The molecule has 0 aliphatic carbocycles. The molecule has 3 rings (SSSR count). The number of Topliss-reactive ketones (excluding diaryl/α,β-unsaturated/α-hetero) is 1. The van der Waals surface area contributed by atoms with Crippen molar-refractivity contribution < 1.29 is 18.7 Å². The van der Waals surface area contributed by atoms with Crippen LogP contribution < -0.4 is 0 Å². The van der Waals surface area contributed by atoms with Gasteiger partial charge in [-0.1, -0.05) is 23.8 Å². The van der Waals surface area contributed by atoms with Crippen LogP contribution in [0.5, 0.6) is 0 Å². The number of carbonyl (C=O) groups excluding carboxylic acids is 2. The standard InChI is InChI=1S/C19H18N2O4S/c1-12-5-7-14(8-6-12)19-21-20-18(25-19)13(2)24-17(23)10-9-15(22)16-4-3-11-26-16/h3-8,11,13H,9-10H2,1-2H3/t13-/m1/s1. The van der Waals surface area contributed by atoms with E-state index in [4.69, 9.17) is 9.15 Å². The molecule has 26 heavy (non-hydrogen) atoms. The molecule has 7 heteroatoms. The van der Waals surface area contributed by atoms with Gasteiger partial charge in [0.2, 0.25) is 5.89 Å². The van der Waals surface area contributed by atoms with E-state index in [2.05, 4.69) is 10.2 Å². The summed E-state index contributed by atoms with van der Waals surface area (Å²) in [6.07, 6.45) is -0.545. The number of ketones is 1. The van der Waals surface area contributed by atoms with E-state index in [1.54, 1.807) is 19.1 Å². The zero-order valence-corrected chi connectivity index (χ0v) is 15.3. The van der Waals surface area contributed by atoms with Crippen LogP contribution in [0.3, 0.4) is 0 Å². The van der Waals surface area contributed by atoms with Gasteiger partial charge in [0.05, 0.1) is 11.3 Å². The van der Waals surface area contributed by atoms with Crippen molar-refractivity contribution in [3.8, 4) is 11.5 Å². The summed E-state index contributed by atoms with van der Waals surface area (Å²) < 4.78 is 10.9. The largest absolute Gasteiger partial charge is 0.453 e. The topological polar surface area (TPSA) is 82.3 Å². The SMILES string of the molecule is Cc1ccc(-c2nnc([C@@H](C)OC(=O)CCC(=O)c3cccs3)o2)cc1. The number of carbonyl (C=O) groups is 2. The maximum absolute atomic E-state index is 12.0. The van der Waals surface area contributed by atoms with Crippen LogP contribution in [0.15, 0.2) is 46.2 Å². The molecule has 6 nitrogen and oxygen atoms in total. The fourth-order valence-corrected chi connectivity index (χ4v) is 2.99. The first kappa shape index (κ1) is 18.0. The molecule has 0 unspecified atom stereocenters. The fraction of sp³-hybridized carbons (Fsp3) is 0.263. The highest BCUT2D eigenvalue weighted by Crippen LogP contribution is 2.23. The van der Waals surface area contributed by atoms with Crippen LogP contribution in [-0.2, 0) is 9.53 Å². The molecule has 3 aromatic rings. The van der Waals surface area contributed by atoms with E-state index in [-0.39, 0.29) is 24.5 Å². The quantitative estimate of drug-likeness (QED) is 0.453. The summed E-state index contributed by atoms with van der Waals surface area (Å²) in [5.41, 5.74) is 1.93. The Labute approximate surface area is 154 Å². The molecule has 0 N–H and O–H groups in total. The van der Waals surface area contributed by atoms with Crippen LogP contribution in [0.1, 0.15) is 47.0 Å². The summed E-state index contributed by atoms with van der Waals surface area (Å²) >= 11 is 1.36. The van der Waals surface area contributed by atoms with Crippen LogP contribution in [-0.4, -0.2) is 21.9 Å². The molecule has 0 aliphatic heterocycles. The number of aromatic nitrogens is 2. The molecule has 0 saturated carbocycles. The smallest absolute Gasteiger partial charge is 0.307 e. The molecular weight excluding hydrogens is 352 g/mol. The maximum Gasteiger partial charge on any atom is 0.307 e. The van der Waals surface area contributed by atoms with Crippen molar-refractivity contribution in [3.63, 3.8) is 0 Å². The molecule has 0 spiro atoms. The van der Waals surface area contributed by atoms with Gasteiger partial charge in [0.15, 0.2) is 11.9 Å². The molecule has 0 amide bonds. The minimum atomic E-state index is -0.675. The zero-order chi connectivity index (χ0) is 18.5. The number of thiophene rings is 1. The van der Waals surface area contributed by atoms with Crippen LogP contribution in [0.2, 0.25) is 0 Å². The first-order chi connectivity index (χ1) is 12.5. The number of nitrogens with zero attached hydrogens (tertiary/aromatic N) is 2. The third-order valence-corrected chi connectivity index (χ3v) is 4.66. The Bertz CT molecular complexity index is 885. The highest BCUT2D eigenvalue weighted by Gasteiger charge is 2.20. The van der Waals surface area contributed by atoms with Gasteiger partial charge in [0, 0.05) is 12.0 Å². The van der Waals surface area contributed by atoms with Gasteiger partial charge in [-0.15, -0.1) is 21.5 Å². The monoisotopic (exact) mass is 370 g/mol. The zero-order valence-electron chi connectivity index (χ0n) is 14.5. The lowest BCUT2D eigenvalue weighted by molar-refractivity contribution is -0.149. The molecule has 0 fully saturated rings. The van der Waals surface area contributed by atoms with Crippen molar-refractivity contribution in [3.05, 3.63) is 58.1 Å². The first-order valence-corrected chi connectivity index (χ1v) is 9.07. The van der Waals surface area contributed by atoms with E-state index in [0.29, 0.717) is 10.8 Å². The Kier molecular flexibility index (Phi) is 5.58. The molecule has 1 atom stereocenters. The number of benzene rings is 1. The van der Waals surface area contributed by atoms with E-state index in [9.17, 15) is 9.59 Å². The maximum atomic E-state index is 12.0. The van der Waals surface area contributed by atoms with E-state index in [1.165, 1.54) is 11.3 Å². The fourth-order valence-electron chi connectivity index (χ4n) is 2.29. The van der Waals surface area contributed by atoms with Crippen molar-refractivity contribution in [2.75, 3.05) is 0 Å². The lowest BCUT2D eigenvalue weighted by Crippen LogP contribution is -2.11. The first-order valence-electron chi connectivity index (χ1n) is 8.19. The molecular formula is C19H18N2O4S. The number of hydrogen-bond donors (Lipinski definition) is 0. The molecule has 0 radical (unpaired) electrons. The number of ether oxygens (including phenoxy) is 1. The van der Waals surface area contributed by atoms with Gasteiger partial charge in [-0.3, -0.25) is 9.59 Å². The predicted octanol–water partition coefficient (Wildman–Crippen LogP) is 4.37. The number of aryl methyl sites for hydroxylation is 1. The van der Waals surface area contributed by atoms with Crippen molar-refractivity contribution in [1.29, 1.82) is 0 Å². The second-order valence-electron chi connectivity index (χ2n) is 5.84. The minimum Gasteiger partial charge on any atom is -0.453 e. The Morgan fingerprint density at radius 2 is 1.92 bits per heavy atom. The Hall–Kier alpha value is -2.80. The third kappa shape index (κ3) is 4.43. The molecule has 0 bridgehead atoms. The highest BCUT2D eigenvalue weighted by atomic mass is 32.1. The lowest BCUT2D eigenvalue weighted by atomic mass is 10.1. The summed E-state index contributed by atoms with van der Waals surface area (Å²) in [6, 6.07) is 11.2. The van der Waals surface area contributed by atoms with Gasteiger partial charge in [-0.05, 0) is 37.4 Å². The van der Waals surface area contributed by atoms with Crippen molar-refractivity contribution in [2.24, 2.45) is 0 Å². The molecule has 0 saturated heterocycles. The number of hydrogen-bond acceptors (Lipinski definition) is 7. The summed E-state index contributed by atoms with van der Waals surface area (Å²) in [7, 11) is 0. The van der Waals surface area contributed by atoms with E-state index in [0.717, 1.165) is 11.1 Å². The predicted molar refractivity (Wildman–Crippen MR) is 96.9 cm³/mol. The van der Waals surface area contributed by atoms with Crippen LogP contribution >= 0.6 is 11.3 Å². The molecule has 1 aromatic carbocycles. The summed E-state index contributed by atoms with van der Waals surface area (Å²) in [4.78, 5) is 24.5. The van der Waals surface area contributed by atoms with Gasteiger partial charge < -0.3 is 9.15 Å². The molecule has 0 aliphatic rings. The van der Waals surface area contributed by atoms with Crippen LogP contribution in [0.25, 0.3) is 11.5 Å². The average molecular weight is 370 g/mol. The van der Waals surface area contributed by atoms with Crippen molar-refractivity contribution in [1.82, 2.24) is 10.2 Å². The Morgan fingerprint density at radius 3 is 2.62 bits per heavy atom. The van der Waals surface area contributed by atoms with Gasteiger partial charge in [-0.2, -0.15) is 0 Å². The molecule has 2 heterocycles. The normalized spacial score (nSPS) is 11.9. The van der Waals surface area contributed by atoms with Crippen LogP contribution in [0, 0.1) is 6.92 Å². The van der Waals surface area contributed by atoms with E-state index < -0.39 is 12.1 Å². The van der Waals surface area contributed by atoms with Gasteiger partial charge >= 0.3 is 5.97 Å². The van der Waals surface area contributed by atoms with Crippen molar-refractivity contribution >= 4 is 23.1 Å². The summed E-state index contributed by atoms with van der Waals surface area (Å²) in [5, 5.41) is 9.76. The van der Waals surface area contributed by atoms with E-state index >= 15 is 0 Å². The number of esters is 1. The summed E-state index contributed by atoms with van der Waals surface area (Å²) in [6.45, 7) is 3.65. The van der Waals surface area contributed by atoms with Gasteiger partial charge in [0.25, 0.3) is 5.89 Å². The highest BCUT2D eigenvalue weighted by molar-refractivity contribution is 7.12. The minimum absolute atomic E-state index is 0.0139. The molecule has 2 aromatic heterocycles. The van der Waals surface area contributed by atoms with Gasteiger partial charge in [-0.25, -0.2) is 0 Å².